The molecule has 2 nitrogen and oxygen atoms in total. The van der Waals surface area contributed by atoms with Gasteiger partial charge in [0.25, 0.3) is 0 Å². The van der Waals surface area contributed by atoms with Crippen molar-refractivity contribution in [3.8, 4) is 5.69 Å². The van der Waals surface area contributed by atoms with Crippen LogP contribution in [0.2, 0.25) is 0 Å². The number of ketones is 1. The molecule has 0 fully saturated rings. The summed E-state index contributed by atoms with van der Waals surface area (Å²) in [6.07, 6.45) is 2.72. The van der Waals surface area contributed by atoms with Gasteiger partial charge in [-0.25, -0.2) is 0 Å². The number of hydrogen-bond acceptors (Lipinski definition) is 1. The second-order valence-electron chi connectivity index (χ2n) is 5.42. The molecule has 2 aromatic carbocycles. The molecule has 0 aliphatic carbocycles. The summed E-state index contributed by atoms with van der Waals surface area (Å²) in [5.41, 5.74) is 4.19. The smallest absolute Gasteiger partial charge is 0.187 e. The van der Waals surface area contributed by atoms with E-state index >= 15 is 0 Å². The summed E-state index contributed by atoms with van der Waals surface area (Å²) < 4.78 is 2.01. The van der Waals surface area contributed by atoms with Crippen LogP contribution in [0, 0.1) is 0 Å². The number of para-hydroxylation sites is 1. The SMILES string of the molecule is O=C1c2cccn2-c2ccccc2C[C@@H]1c1ccccc1. The molecule has 102 valence electrons. The van der Waals surface area contributed by atoms with Crippen LogP contribution in [0.3, 0.4) is 0 Å². The van der Waals surface area contributed by atoms with Crippen molar-refractivity contribution in [2.75, 3.05) is 0 Å². The summed E-state index contributed by atoms with van der Waals surface area (Å²) in [4.78, 5) is 12.9. The van der Waals surface area contributed by atoms with E-state index < -0.39 is 0 Å². The van der Waals surface area contributed by atoms with Crippen molar-refractivity contribution in [3.05, 3.63) is 89.7 Å². The summed E-state index contributed by atoms with van der Waals surface area (Å²) in [5.74, 6) is 0.0888. The van der Waals surface area contributed by atoms with Crippen LogP contribution in [0.25, 0.3) is 5.69 Å². The molecule has 2 heteroatoms. The van der Waals surface area contributed by atoms with Crippen LogP contribution in [0.1, 0.15) is 27.5 Å². The molecule has 0 unspecified atom stereocenters. The summed E-state index contributed by atoms with van der Waals surface area (Å²) in [5, 5.41) is 0. The maximum atomic E-state index is 12.9. The molecule has 0 spiro atoms. The lowest BCUT2D eigenvalue weighted by Gasteiger charge is -2.13. The first-order chi connectivity index (χ1) is 10.3. The molecule has 2 heterocycles. The molecular weight excluding hydrogens is 258 g/mol. The minimum absolute atomic E-state index is 0.108. The van der Waals surface area contributed by atoms with Gasteiger partial charge in [0.2, 0.25) is 0 Å². The van der Waals surface area contributed by atoms with Gasteiger partial charge in [-0.15, -0.1) is 0 Å². The maximum absolute atomic E-state index is 12.9. The summed E-state index contributed by atoms with van der Waals surface area (Å²) in [6, 6.07) is 22.2. The molecule has 0 saturated carbocycles. The average Bonchev–Trinajstić information content (AvgIpc) is 2.98. The van der Waals surface area contributed by atoms with Crippen molar-refractivity contribution in [2.45, 2.75) is 12.3 Å². The zero-order chi connectivity index (χ0) is 14.2. The highest BCUT2D eigenvalue weighted by Crippen LogP contribution is 2.32. The molecule has 0 bridgehead atoms. The van der Waals surface area contributed by atoms with Crippen molar-refractivity contribution in [2.24, 2.45) is 0 Å². The number of nitrogens with zero attached hydrogens (tertiary/aromatic N) is 1. The number of hydrogen-bond donors (Lipinski definition) is 0. The van der Waals surface area contributed by atoms with Crippen LogP contribution in [0.5, 0.6) is 0 Å². The third-order valence-electron chi connectivity index (χ3n) is 4.19. The van der Waals surface area contributed by atoms with Crippen molar-refractivity contribution < 1.29 is 4.79 Å². The van der Waals surface area contributed by atoms with Crippen LogP contribution < -0.4 is 0 Å². The number of carbonyl (C=O) groups excluding carboxylic acids is 1. The number of carbonyl (C=O) groups is 1. The van der Waals surface area contributed by atoms with Crippen LogP contribution in [-0.4, -0.2) is 10.4 Å². The fraction of sp³-hybridized carbons (Fsp3) is 0.105. The number of fused-ring (bicyclic) bond motifs is 3. The zero-order valence-corrected chi connectivity index (χ0v) is 11.6. The predicted molar refractivity (Wildman–Crippen MR) is 83.0 cm³/mol. The van der Waals surface area contributed by atoms with Crippen LogP contribution in [0.4, 0.5) is 0 Å². The van der Waals surface area contributed by atoms with E-state index in [1.807, 2.05) is 65.4 Å². The van der Waals surface area contributed by atoms with Crippen molar-refractivity contribution in [1.29, 1.82) is 0 Å². The van der Waals surface area contributed by atoms with Gasteiger partial charge in [0, 0.05) is 11.9 Å². The van der Waals surface area contributed by atoms with E-state index in [4.69, 9.17) is 0 Å². The Bertz CT molecular complexity index is 801. The Kier molecular flexibility index (Phi) is 2.74. The number of aromatic nitrogens is 1. The molecular formula is C19H15NO. The van der Waals surface area contributed by atoms with Crippen molar-refractivity contribution in [1.82, 2.24) is 4.57 Å². The normalized spacial score (nSPS) is 17.0. The highest BCUT2D eigenvalue weighted by atomic mass is 16.1. The van der Waals surface area contributed by atoms with Crippen molar-refractivity contribution >= 4 is 5.78 Å². The zero-order valence-electron chi connectivity index (χ0n) is 11.6. The molecule has 0 saturated heterocycles. The van der Waals surface area contributed by atoms with Gasteiger partial charge in [0.1, 0.15) is 0 Å². The Balaban J connectivity index is 1.93. The molecule has 3 aromatic rings. The van der Waals surface area contributed by atoms with Crippen LogP contribution >= 0.6 is 0 Å². The first-order valence-corrected chi connectivity index (χ1v) is 7.19. The lowest BCUT2D eigenvalue weighted by atomic mass is 9.88. The van der Waals surface area contributed by atoms with Gasteiger partial charge in [0.15, 0.2) is 5.78 Å². The van der Waals surface area contributed by atoms with Crippen molar-refractivity contribution in [3.63, 3.8) is 0 Å². The Labute approximate surface area is 123 Å². The van der Waals surface area contributed by atoms with E-state index in [9.17, 15) is 4.79 Å². The second-order valence-corrected chi connectivity index (χ2v) is 5.42. The third-order valence-corrected chi connectivity index (χ3v) is 4.19. The monoisotopic (exact) mass is 273 g/mol. The van der Waals surface area contributed by atoms with Crippen LogP contribution in [-0.2, 0) is 6.42 Å². The molecule has 0 amide bonds. The molecule has 1 aromatic heterocycles. The Hall–Kier alpha value is -2.61. The lowest BCUT2D eigenvalue weighted by Crippen LogP contribution is -2.15. The van der Waals surface area contributed by atoms with E-state index in [1.54, 1.807) is 0 Å². The first-order valence-electron chi connectivity index (χ1n) is 7.19. The Morgan fingerprint density at radius 1 is 0.857 bits per heavy atom. The maximum Gasteiger partial charge on any atom is 0.187 e. The molecule has 1 atom stereocenters. The van der Waals surface area contributed by atoms with E-state index in [-0.39, 0.29) is 11.7 Å². The fourth-order valence-electron chi connectivity index (χ4n) is 3.16. The van der Waals surface area contributed by atoms with Gasteiger partial charge in [-0.05, 0) is 35.7 Å². The highest BCUT2D eigenvalue weighted by molar-refractivity contribution is 6.01. The predicted octanol–water partition coefficient (Wildman–Crippen LogP) is 4.00. The molecule has 0 radical (unpaired) electrons. The van der Waals surface area contributed by atoms with Gasteiger partial charge < -0.3 is 4.57 Å². The lowest BCUT2D eigenvalue weighted by molar-refractivity contribution is 0.0954. The molecule has 1 aliphatic rings. The quantitative estimate of drug-likeness (QED) is 0.657. The van der Waals surface area contributed by atoms with Crippen LogP contribution in [0.15, 0.2) is 72.9 Å². The third kappa shape index (κ3) is 1.91. The average molecular weight is 273 g/mol. The summed E-state index contributed by atoms with van der Waals surface area (Å²) in [7, 11) is 0. The summed E-state index contributed by atoms with van der Waals surface area (Å²) >= 11 is 0. The fourth-order valence-corrected chi connectivity index (χ4v) is 3.16. The number of rotatable bonds is 1. The van der Waals surface area contributed by atoms with E-state index in [2.05, 4.69) is 12.1 Å². The summed E-state index contributed by atoms with van der Waals surface area (Å²) in [6.45, 7) is 0. The van der Waals surface area contributed by atoms with Gasteiger partial charge in [-0.1, -0.05) is 48.5 Å². The minimum atomic E-state index is -0.108. The topological polar surface area (TPSA) is 22.0 Å². The second kappa shape index (κ2) is 4.74. The first kappa shape index (κ1) is 12.2. The van der Waals surface area contributed by atoms with Gasteiger partial charge in [-0.3, -0.25) is 4.79 Å². The largest absolute Gasteiger partial charge is 0.314 e. The minimum Gasteiger partial charge on any atom is -0.314 e. The highest BCUT2D eigenvalue weighted by Gasteiger charge is 2.29. The molecule has 4 rings (SSSR count). The molecule has 21 heavy (non-hydrogen) atoms. The number of benzene rings is 2. The molecule has 0 N–H and O–H groups in total. The number of Topliss-reactive ketones (excluding diaryl/α,β-unsaturated/α-hetero) is 1. The van der Waals surface area contributed by atoms with Gasteiger partial charge >= 0.3 is 0 Å². The standard InChI is InChI=1S/C19H15NO/c21-19-16(14-7-2-1-3-8-14)13-15-9-4-5-10-17(15)20-12-6-11-18(19)20/h1-12,16H,13H2/t16-/m1/s1. The van der Waals surface area contributed by atoms with Gasteiger partial charge in [0.05, 0.1) is 11.6 Å². The Morgan fingerprint density at radius 3 is 2.48 bits per heavy atom. The van der Waals surface area contributed by atoms with E-state index in [0.717, 1.165) is 23.4 Å². The molecule has 1 aliphatic heterocycles. The van der Waals surface area contributed by atoms with E-state index in [0.29, 0.717) is 0 Å². The van der Waals surface area contributed by atoms with E-state index in [1.165, 1.54) is 5.56 Å². The van der Waals surface area contributed by atoms with Gasteiger partial charge in [-0.2, -0.15) is 0 Å². The Morgan fingerprint density at radius 2 is 1.62 bits per heavy atom.